The second kappa shape index (κ2) is 5.39. The predicted octanol–water partition coefficient (Wildman–Crippen LogP) is 2.90. The molecule has 5 nitrogen and oxygen atoms in total. The van der Waals surface area contributed by atoms with Crippen molar-refractivity contribution in [3.8, 4) is 11.3 Å². The number of hydrazine groups is 1. The molecule has 2 aromatic rings. The number of rotatable bonds is 3. The zero-order valence-corrected chi connectivity index (χ0v) is 10.9. The highest BCUT2D eigenvalue weighted by atomic mass is 35.5. The fourth-order valence-corrected chi connectivity index (χ4v) is 1.71. The second-order valence-corrected chi connectivity index (χ2v) is 4.01. The van der Waals surface area contributed by atoms with Crippen LogP contribution in [0.2, 0.25) is 0 Å². The van der Waals surface area contributed by atoms with Gasteiger partial charge in [0.15, 0.2) is 0 Å². The van der Waals surface area contributed by atoms with E-state index < -0.39 is 5.91 Å². The lowest BCUT2D eigenvalue weighted by atomic mass is 10.1. The maximum absolute atomic E-state index is 12.0. The summed E-state index contributed by atoms with van der Waals surface area (Å²) in [6, 6.07) is 9.19. The van der Waals surface area contributed by atoms with Crippen LogP contribution in [0.25, 0.3) is 11.3 Å². The Hall–Kier alpha value is -1.56. The summed E-state index contributed by atoms with van der Waals surface area (Å²) in [5, 5.41) is 3.87. The highest BCUT2D eigenvalue weighted by Gasteiger charge is 2.25. The van der Waals surface area contributed by atoms with E-state index in [1.54, 1.807) is 6.92 Å². The van der Waals surface area contributed by atoms with Crippen molar-refractivity contribution in [2.45, 2.75) is 6.92 Å². The van der Waals surface area contributed by atoms with Crippen molar-refractivity contribution >= 4 is 29.5 Å². The standard InChI is InChI=1S/C11H9Cl2N3O2/c1-7-9(11(17)16(13)15-12)10(14-18-7)8-5-3-2-4-6-8/h2-6,15H,1H3. The Bertz CT molecular complexity index is 557. The van der Waals surface area contributed by atoms with Crippen molar-refractivity contribution < 1.29 is 9.32 Å². The number of amides is 1. The molecule has 18 heavy (non-hydrogen) atoms. The van der Waals surface area contributed by atoms with E-state index in [4.69, 9.17) is 28.1 Å². The van der Waals surface area contributed by atoms with E-state index in [1.165, 1.54) is 0 Å². The molecule has 0 unspecified atom stereocenters. The number of carbonyl (C=O) groups excluding carboxylic acids is 1. The van der Waals surface area contributed by atoms with E-state index >= 15 is 0 Å². The van der Waals surface area contributed by atoms with Gasteiger partial charge in [-0.2, -0.15) is 4.53 Å². The quantitative estimate of drug-likeness (QED) is 0.696. The molecule has 1 heterocycles. The van der Waals surface area contributed by atoms with Crippen molar-refractivity contribution in [2.24, 2.45) is 0 Å². The monoisotopic (exact) mass is 285 g/mol. The van der Waals surface area contributed by atoms with E-state index in [2.05, 4.69) is 5.16 Å². The number of nitrogens with zero attached hydrogens (tertiary/aromatic N) is 2. The van der Waals surface area contributed by atoms with Crippen LogP contribution in [0, 0.1) is 6.92 Å². The largest absolute Gasteiger partial charge is 0.360 e. The van der Waals surface area contributed by atoms with Crippen LogP contribution in [-0.2, 0) is 0 Å². The van der Waals surface area contributed by atoms with E-state index in [1.807, 2.05) is 35.3 Å². The van der Waals surface area contributed by atoms with Crippen molar-refractivity contribution in [1.82, 2.24) is 14.6 Å². The van der Waals surface area contributed by atoms with E-state index in [0.29, 0.717) is 16.0 Å². The molecule has 0 bridgehead atoms. The molecule has 1 amide bonds. The maximum atomic E-state index is 12.0. The fraction of sp³-hybridized carbons (Fsp3) is 0.0909. The molecule has 1 aromatic heterocycles. The molecule has 94 valence electrons. The summed E-state index contributed by atoms with van der Waals surface area (Å²) in [6.45, 7) is 1.63. The highest BCUT2D eigenvalue weighted by Crippen LogP contribution is 2.26. The molecule has 0 radical (unpaired) electrons. The summed E-state index contributed by atoms with van der Waals surface area (Å²) in [5.41, 5.74) is 1.46. The molecule has 0 aliphatic carbocycles. The lowest BCUT2D eigenvalue weighted by Gasteiger charge is -2.09. The summed E-state index contributed by atoms with van der Waals surface area (Å²) in [7, 11) is 0. The third-order valence-electron chi connectivity index (χ3n) is 2.38. The predicted molar refractivity (Wildman–Crippen MR) is 67.7 cm³/mol. The van der Waals surface area contributed by atoms with Crippen LogP contribution < -0.4 is 4.94 Å². The molecule has 0 aliphatic heterocycles. The van der Waals surface area contributed by atoms with Crippen LogP contribution in [-0.4, -0.2) is 15.6 Å². The lowest BCUT2D eigenvalue weighted by Crippen LogP contribution is -2.29. The Balaban J connectivity index is 2.49. The number of halogens is 2. The number of aryl methyl sites for hydroxylation is 1. The molecule has 0 saturated carbocycles. The van der Waals surface area contributed by atoms with Crippen molar-refractivity contribution in [3.63, 3.8) is 0 Å². The fourth-order valence-electron chi connectivity index (χ4n) is 1.55. The van der Waals surface area contributed by atoms with Gasteiger partial charge in [0.2, 0.25) is 0 Å². The normalized spacial score (nSPS) is 10.4. The number of carbonyl (C=O) groups is 1. The second-order valence-electron chi connectivity index (χ2n) is 3.50. The molecule has 2 rings (SSSR count). The molecule has 0 atom stereocenters. The Morgan fingerprint density at radius 1 is 1.39 bits per heavy atom. The van der Waals surface area contributed by atoms with Crippen molar-refractivity contribution in [2.75, 3.05) is 0 Å². The molecule has 1 N–H and O–H groups in total. The third kappa shape index (κ3) is 2.33. The van der Waals surface area contributed by atoms with Gasteiger partial charge >= 0.3 is 0 Å². The molecular formula is C11H9Cl2N3O2. The summed E-state index contributed by atoms with van der Waals surface area (Å²) in [4.78, 5) is 14.0. The van der Waals surface area contributed by atoms with Crippen molar-refractivity contribution in [1.29, 1.82) is 0 Å². The van der Waals surface area contributed by atoms with Crippen LogP contribution in [0.4, 0.5) is 0 Å². The first-order chi connectivity index (χ1) is 8.65. The molecule has 7 heteroatoms. The van der Waals surface area contributed by atoms with Gasteiger partial charge in [-0.05, 0) is 18.7 Å². The first-order valence-corrected chi connectivity index (χ1v) is 5.75. The molecule has 0 fully saturated rings. The molecule has 0 saturated heterocycles. The summed E-state index contributed by atoms with van der Waals surface area (Å²) >= 11 is 10.9. The van der Waals surface area contributed by atoms with Crippen LogP contribution in [0.3, 0.4) is 0 Å². The van der Waals surface area contributed by atoms with Crippen LogP contribution in [0.15, 0.2) is 34.9 Å². The Morgan fingerprint density at radius 2 is 2.06 bits per heavy atom. The number of nitrogens with one attached hydrogen (secondary N) is 1. The minimum Gasteiger partial charge on any atom is -0.360 e. The summed E-state index contributed by atoms with van der Waals surface area (Å²) in [6.07, 6.45) is 0. The van der Waals surface area contributed by atoms with Gasteiger partial charge < -0.3 is 4.52 Å². The first-order valence-electron chi connectivity index (χ1n) is 5.03. The Morgan fingerprint density at radius 3 is 2.67 bits per heavy atom. The maximum Gasteiger partial charge on any atom is 0.290 e. The van der Waals surface area contributed by atoms with Gasteiger partial charge in [0, 0.05) is 17.3 Å². The average molecular weight is 286 g/mol. The van der Waals surface area contributed by atoms with Gasteiger partial charge in [0.1, 0.15) is 17.0 Å². The minimum absolute atomic E-state index is 0.268. The van der Waals surface area contributed by atoms with Crippen LogP contribution in [0.5, 0.6) is 0 Å². The van der Waals surface area contributed by atoms with Gasteiger partial charge in [-0.15, -0.1) is 4.94 Å². The van der Waals surface area contributed by atoms with Gasteiger partial charge in [-0.3, -0.25) is 4.79 Å². The van der Waals surface area contributed by atoms with Gasteiger partial charge in [0.05, 0.1) is 0 Å². The number of hydrogen-bond acceptors (Lipinski definition) is 4. The number of benzene rings is 1. The smallest absolute Gasteiger partial charge is 0.290 e. The topological polar surface area (TPSA) is 58.4 Å². The van der Waals surface area contributed by atoms with Crippen LogP contribution >= 0.6 is 23.6 Å². The zero-order chi connectivity index (χ0) is 13.1. The number of hydrogen-bond donors (Lipinski definition) is 1. The lowest BCUT2D eigenvalue weighted by molar-refractivity contribution is 0.0844. The minimum atomic E-state index is -0.538. The highest BCUT2D eigenvalue weighted by molar-refractivity contribution is 6.27. The summed E-state index contributed by atoms with van der Waals surface area (Å²) in [5.74, 6) is -0.166. The number of aromatic nitrogens is 1. The van der Waals surface area contributed by atoms with Gasteiger partial charge in [-0.1, -0.05) is 35.5 Å². The van der Waals surface area contributed by atoms with E-state index in [-0.39, 0.29) is 5.56 Å². The molecule has 0 aliphatic rings. The van der Waals surface area contributed by atoms with E-state index in [0.717, 1.165) is 5.56 Å². The van der Waals surface area contributed by atoms with Gasteiger partial charge in [-0.25, -0.2) is 0 Å². The first kappa shape index (κ1) is 12.9. The molecular weight excluding hydrogens is 277 g/mol. The Kier molecular flexibility index (Phi) is 3.86. The average Bonchev–Trinajstić information content (AvgIpc) is 2.80. The van der Waals surface area contributed by atoms with Crippen LogP contribution in [0.1, 0.15) is 16.1 Å². The molecule has 1 aromatic carbocycles. The zero-order valence-electron chi connectivity index (χ0n) is 9.35. The molecule has 0 spiro atoms. The third-order valence-corrected chi connectivity index (χ3v) is 2.87. The Labute approximate surface area is 113 Å². The van der Waals surface area contributed by atoms with Crippen molar-refractivity contribution in [3.05, 3.63) is 41.7 Å². The van der Waals surface area contributed by atoms with E-state index in [9.17, 15) is 4.79 Å². The van der Waals surface area contributed by atoms with Gasteiger partial charge in [0.25, 0.3) is 5.91 Å². The summed E-state index contributed by atoms with van der Waals surface area (Å²) < 4.78 is 5.67. The SMILES string of the molecule is Cc1onc(-c2ccccc2)c1C(=O)N(Cl)NCl.